The van der Waals surface area contributed by atoms with Crippen LogP contribution in [0.15, 0.2) is 6.20 Å². The topological polar surface area (TPSA) is 83.8 Å². The summed E-state index contributed by atoms with van der Waals surface area (Å²) in [5, 5.41) is 9.56. The van der Waals surface area contributed by atoms with Crippen LogP contribution < -0.4 is 11.1 Å². The van der Waals surface area contributed by atoms with Gasteiger partial charge < -0.3 is 11.1 Å². The molecular weight excluding hydrogens is 180 g/mol. The normalized spacial score (nSPS) is 10.5. The predicted octanol–water partition coefficient (Wildman–Crippen LogP) is 1.11. The van der Waals surface area contributed by atoms with Gasteiger partial charge in [-0.2, -0.15) is 5.10 Å². The minimum Gasteiger partial charge on any atom is -0.379 e. The molecule has 1 amide bonds. The maximum atomic E-state index is 11.0. The van der Waals surface area contributed by atoms with E-state index in [0.717, 1.165) is 12.8 Å². The van der Waals surface area contributed by atoms with E-state index in [-0.39, 0.29) is 0 Å². The molecule has 0 aliphatic heterocycles. The van der Waals surface area contributed by atoms with Crippen molar-refractivity contribution in [3.63, 3.8) is 0 Å². The molecule has 1 aromatic rings. The summed E-state index contributed by atoms with van der Waals surface area (Å²) >= 11 is 0. The molecular formula is C9H16N4O. The number of aromatic nitrogens is 2. The molecule has 0 fully saturated rings. The average Bonchev–Trinajstić information content (AvgIpc) is 2.62. The SMILES string of the molecule is CCC(CC)Nc1cn[nH]c1C(N)=O. The van der Waals surface area contributed by atoms with E-state index < -0.39 is 5.91 Å². The molecule has 4 N–H and O–H groups in total. The first-order chi connectivity index (χ1) is 6.69. The van der Waals surface area contributed by atoms with Gasteiger partial charge >= 0.3 is 0 Å². The van der Waals surface area contributed by atoms with Crippen LogP contribution in [0.5, 0.6) is 0 Å². The number of nitrogens with one attached hydrogen (secondary N) is 2. The number of nitrogens with zero attached hydrogens (tertiary/aromatic N) is 1. The Bertz CT molecular complexity index is 304. The third kappa shape index (κ3) is 2.25. The molecule has 0 aromatic carbocycles. The monoisotopic (exact) mass is 196 g/mol. The average molecular weight is 196 g/mol. The van der Waals surface area contributed by atoms with E-state index in [2.05, 4.69) is 29.4 Å². The summed E-state index contributed by atoms with van der Waals surface area (Å²) in [6, 6.07) is 0.352. The highest BCUT2D eigenvalue weighted by atomic mass is 16.1. The van der Waals surface area contributed by atoms with Crippen molar-refractivity contribution in [2.75, 3.05) is 5.32 Å². The largest absolute Gasteiger partial charge is 0.379 e. The highest BCUT2D eigenvalue weighted by Crippen LogP contribution is 2.14. The number of anilines is 1. The van der Waals surface area contributed by atoms with Crippen LogP contribution in [-0.4, -0.2) is 22.1 Å². The fourth-order valence-corrected chi connectivity index (χ4v) is 1.30. The molecule has 78 valence electrons. The second-order valence-electron chi connectivity index (χ2n) is 3.18. The second-order valence-corrected chi connectivity index (χ2v) is 3.18. The van der Waals surface area contributed by atoms with Crippen molar-refractivity contribution in [2.45, 2.75) is 32.7 Å². The lowest BCUT2D eigenvalue weighted by Gasteiger charge is -2.14. The first-order valence-electron chi connectivity index (χ1n) is 4.78. The molecule has 0 bridgehead atoms. The van der Waals surface area contributed by atoms with E-state index in [1.54, 1.807) is 6.20 Å². The molecule has 0 saturated carbocycles. The number of carbonyl (C=O) groups excluding carboxylic acids is 1. The molecule has 5 heteroatoms. The van der Waals surface area contributed by atoms with Gasteiger partial charge in [0.05, 0.1) is 11.9 Å². The molecule has 1 aromatic heterocycles. The van der Waals surface area contributed by atoms with Gasteiger partial charge in [-0.15, -0.1) is 0 Å². The molecule has 0 spiro atoms. The van der Waals surface area contributed by atoms with E-state index in [1.165, 1.54) is 0 Å². The van der Waals surface area contributed by atoms with Crippen LogP contribution >= 0.6 is 0 Å². The lowest BCUT2D eigenvalue weighted by atomic mass is 10.1. The van der Waals surface area contributed by atoms with E-state index >= 15 is 0 Å². The quantitative estimate of drug-likeness (QED) is 0.659. The van der Waals surface area contributed by atoms with E-state index in [1.807, 2.05) is 0 Å². The molecule has 0 atom stereocenters. The van der Waals surface area contributed by atoms with E-state index in [4.69, 9.17) is 5.73 Å². The van der Waals surface area contributed by atoms with Crippen molar-refractivity contribution >= 4 is 11.6 Å². The number of hydrogen-bond donors (Lipinski definition) is 3. The van der Waals surface area contributed by atoms with Crippen LogP contribution in [0.1, 0.15) is 37.2 Å². The zero-order chi connectivity index (χ0) is 10.6. The fourth-order valence-electron chi connectivity index (χ4n) is 1.30. The second kappa shape index (κ2) is 4.64. The smallest absolute Gasteiger partial charge is 0.268 e. The first-order valence-corrected chi connectivity index (χ1v) is 4.78. The summed E-state index contributed by atoms with van der Waals surface area (Å²) in [4.78, 5) is 11.0. The molecule has 5 nitrogen and oxygen atoms in total. The lowest BCUT2D eigenvalue weighted by Crippen LogP contribution is -2.20. The van der Waals surface area contributed by atoms with Crippen molar-refractivity contribution in [1.82, 2.24) is 10.2 Å². The molecule has 0 radical (unpaired) electrons. The Morgan fingerprint density at radius 2 is 2.29 bits per heavy atom. The number of H-pyrrole nitrogens is 1. The van der Waals surface area contributed by atoms with Crippen molar-refractivity contribution in [3.05, 3.63) is 11.9 Å². The number of aromatic amines is 1. The molecule has 0 aliphatic carbocycles. The lowest BCUT2D eigenvalue weighted by molar-refractivity contribution is 0.0996. The van der Waals surface area contributed by atoms with Crippen LogP contribution in [0.4, 0.5) is 5.69 Å². The van der Waals surface area contributed by atoms with Gasteiger partial charge in [0, 0.05) is 6.04 Å². The Morgan fingerprint density at radius 1 is 1.64 bits per heavy atom. The molecule has 1 heterocycles. The van der Waals surface area contributed by atoms with Crippen molar-refractivity contribution < 1.29 is 4.79 Å². The molecule has 1 rings (SSSR count). The number of nitrogens with two attached hydrogens (primary N) is 1. The van der Waals surface area contributed by atoms with Crippen LogP contribution in [0.2, 0.25) is 0 Å². The standard InChI is InChI=1S/C9H16N4O/c1-3-6(4-2)12-7-5-11-13-8(7)9(10)14/h5-6,12H,3-4H2,1-2H3,(H2,10,14)(H,11,13). The molecule has 0 unspecified atom stereocenters. The van der Waals surface area contributed by atoms with Gasteiger partial charge in [0.2, 0.25) is 0 Å². The first kappa shape index (κ1) is 10.6. The Kier molecular flexibility index (Phi) is 3.50. The summed E-state index contributed by atoms with van der Waals surface area (Å²) in [5.74, 6) is -0.490. The number of carbonyl (C=O) groups is 1. The summed E-state index contributed by atoms with van der Waals surface area (Å²) < 4.78 is 0. The Balaban J connectivity index is 2.75. The Labute approximate surface area is 83.1 Å². The van der Waals surface area contributed by atoms with Gasteiger partial charge in [-0.05, 0) is 12.8 Å². The summed E-state index contributed by atoms with van der Waals surface area (Å²) in [6.07, 6.45) is 3.58. The number of primary amides is 1. The van der Waals surface area contributed by atoms with Crippen LogP contribution in [0.3, 0.4) is 0 Å². The van der Waals surface area contributed by atoms with Crippen LogP contribution in [0.25, 0.3) is 0 Å². The van der Waals surface area contributed by atoms with Gasteiger partial charge in [0.25, 0.3) is 5.91 Å². The predicted molar refractivity (Wildman–Crippen MR) is 55.1 cm³/mol. The van der Waals surface area contributed by atoms with Crippen LogP contribution in [0, 0.1) is 0 Å². The van der Waals surface area contributed by atoms with Gasteiger partial charge in [0.1, 0.15) is 5.69 Å². The van der Waals surface area contributed by atoms with Crippen LogP contribution in [-0.2, 0) is 0 Å². The third-order valence-corrected chi connectivity index (χ3v) is 2.23. The van der Waals surface area contributed by atoms with Gasteiger partial charge in [-0.3, -0.25) is 9.89 Å². The minimum atomic E-state index is -0.490. The van der Waals surface area contributed by atoms with Crippen molar-refractivity contribution in [2.24, 2.45) is 5.73 Å². The van der Waals surface area contributed by atoms with Gasteiger partial charge in [-0.1, -0.05) is 13.8 Å². The fraction of sp³-hybridized carbons (Fsp3) is 0.556. The summed E-state index contributed by atoms with van der Waals surface area (Å²) in [7, 11) is 0. The number of hydrogen-bond acceptors (Lipinski definition) is 3. The molecule has 0 saturated heterocycles. The summed E-state index contributed by atoms with van der Waals surface area (Å²) in [6.45, 7) is 4.18. The maximum Gasteiger partial charge on any atom is 0.268 e. The van der Waals surface area contributed by atoms with Gasteiger partial charge in [0.15, 0.2) is 0 Å². The summed E-state index contributed by atoms with van der Waals surface area (Å²) in [5.41, 5.74) is 6.20. The minimum absolute atomic E-state index is 0.344. The zero-order valence-corrected chi connectivity index (χ0v) is 8.50. The molecule has 14 heavy (non-hydrogen) atoms. The van der Waals surface area contributed by atoms with Crippen molar-refractivity contribution in [1.29, 1.82) is 0 Å². The van der Waals surface area contributed by atoms with E-state index in [9.17, 15) is 4.79 Å². The maximum absolute atomic E-state index is 11.0. The van der Waals surface area contributed by atoms with Crippen molar-refractivity contribution in [3.8, 4) is 0 Å². The van der Waals surface area contributed by atoms with Gasteiger partial charge in [-0.25, -0.2) is 0 Å². The third-order valence-electron chi connectivity index (χ3n) is 2.23. The zero-order valence-electron chi connectivity index (χ0n) is 8.50. The van der Waals surface area contributed by atoms with E-state index in [0.29, 0.717) is 17.4 Å². The number of amides is 1. The Morgan fingerprint density at radius 3 is 2.79 bits per heavy atom. The Hall–Kier alpha value is -1.52. The highest BCUT2D eigenvalue weighted by molar-refractivity contribution is 5.96. The highest BCUT2D eigenvalue weighted by Gasteiger charge is 2.12. The molecule has 0 aliphatic rings. The number of rotatable bonds is 5.